The first-order valence-corrected chi connectivity index (χ1v) is 6.67. The molecule has 0 amide bonds. The van der Waals surface area contributed by atoms with E-state index in [1.54, 1.807) is 0 Å². The predicted octanol–water partition coefficient (Wildman–Crippen LogP) is 3.49. The lowest BCUT2D eigenvalue weighted by atomic mass is 10.1. The van der Waals surface area contributed by atoms with E-state index in [9.17, 15) is 5.11 Å². The van der Waals surface area contributed by atoms with Gasteiger partial charge in [-0.3, -0.25) is 0 Å². The highest BCUT2D eigenvalue weighted by Gasteiger charge is 2.29. The summed E-state index contributed by atoms with van der Waals surface area (Å²) in [7, 11) is 0. The lowest BCUT2D eigenvalue weighted by molar-refractivity contribution is 0.199. The standard InChI is InChI=1S/C13H18BrNO/c1-3-15(11-5-6-11)13-8-10(14)4-7-12(13)9(2)16/h4,7-9,11,16H,3,5-6H2,1-2H3. The molecule has 2 nitrogen and oxygen atoms in total. The summed E-state index contributed by atoms with van der Waals surface area (Å²) in [6.07, 6.45) is 2.15. The Morgan fingerprint density at radius 2 is 2.19 bits per heavy atom. The van der Waals surface area contributed by atoms with E-state index in [-0.39, 0.29) is 0 Å². The lowest BCUT2D eigenvalue weighted by Crippen LogP contribution is -2.26. The van der Waals surface area contributed by atoms with Crippen LogP contribution in [0.4, 0.5) is 5.69 Å². The van der Waals surface area contributed by atoms with Gasteiger partial charge in [-0.1, -0.05) is 22.0 Å². The Morgan fingerprint density at radius 1 is 1.50 bits per heavy atom. The second kappa shape index (κ2) is 4.76. The van der Waals surface area contributed by atoms with Crippen molar-refractivity contribution >= 4 is 21.6 Å². The average Bonchev–Trinajstić information content (AvgIpc) is 3.03. The molecule has 0 radical (unpaired) electrons. The molecular formula is C13H18BrNO. The zero-order valence-electron chi connectivity index (χ0n) is 9.78. The third-order valence-corrected chi connectivity index (χ3v) is 3.57. The summed E-state index contributed by atoms with van der Waals surface area (Å²) in [4.78, 5) is 2.40. The van der Waals surface area contributed by atoms with E-state index in [4.69, 9.17) is 0 Å². The first kappa shape index (κ1) is 11.9. The molecule has 16 heavy (non-hydrogen) atoms. The van der Waals surface area contributed by atoms with Crippen LogP contribution < -0.4 is 4.90 Å². The van der Waals surface area contributed by atoms with E-state index in [2.05, 4.69) is 33.8 Å². The third-order valence-electron chi connectivity index (χ3n) is 3.08. The minimum Gasteiger partial charge on any atom is -0.389 e. The molecule has 2 rings (SSSR count). The zero-order chi connectivity index (χ0) is 11.7. The normalized spacial score (nSPS) is 17.2. The summed E-state index contributed by atoms with van der Waals surface area (Å²) in [5.74, 6) is 0. The van der Waals surface area contributed by atoms with E-state index in [0.29, 0.717) is 6.04 Å². The van der Waals surface area contributed by atoms with Crippen molar-refractivity contribution in [2.75, 3.05) is 11.4 Å². The fourth-order valence-electron chi connectivity index (χ4n) is 2.13. The van der Waals surface area contributed by atoms with Gasteiger partial charge in [0.15, 0.2) is 0 Å². The molecule has 1 aromatic carbocycles. The molecule has 0 aliphatic heterocycles. The third kappa shape index (κ3) is 2.41. The van der Waals surface area contributed by atoms with Crippen LogP contribution in [0.1, 0.15) is 38.4 Å². The number of rotatable bonds is 4. The number of anilines is 1. The fourth-order valence-corrected chi connectivity index (χ4v) is 2.48. The molecule has 1 aliphatic carbocycles. The van der Waals surface area contributed by atoms with Gasteiger partial charge in [-0.25, -0.2) is 0 Å². The monoisotopic (exact) mass is 283 g/mol. The highest BCUT2D eigenvalue weighted by molar-refractivity contribution is 9.10. The first-order valence-electron chi connectivity index (χ1n) is 5.87. The van der Waals surface area contributed by atoms with Gasteiger partial charge < -0.3 is 10.0 Å². The quantitative estimate of drug-likeness (QED) is 0.914. The van der Waals surface area contributed by atoms with Gasteiger partial charge in [0.2, 0.25) is 0 Å². The molecule has 0 saturated heterocycles. The summed E-state index contributed by atoms with van der Waals surface area (Å²) in [5, 5.41) is 9.80. The van der Waals surface area contributed by atoms with Crippen molar-refractivity contribution in [3.63, 3.8) is 0 Å². The van der Waals surface area contributed by atoms with Gasteiger partial charge in [-0.15, -0.1) is 0 Å². The largest absolute Gasteiger partial charge is 0.389 e. The minimum absolute atomic E-state index is 0.407. The second-order valence-corrected chi connectivity index (χ2v) is 5.31. The van der Waals surface area contributed by atoms with E-state index in [0.717, 1.165) is 16.6 Å². The van der Waals surface area contributed by atoms with Crippen molar-refractivity contribution in [2.24, 2.45) is 0 Å². The fraction of sp³-hybridized carbons (Fsp3) is 0.538. The molecular weight excluding hydrogens is 266 g/mol. The minimum atomic E-state index is -0.407. The number of hydrogen-bond acceptors (Lipinski definition) is 2. The van der Waals surface area contributed by atoms with Gasteiger partial charge in [-0.2, -0.15) is 0 Å². The Bertz CT molecular complexity index is 374. The van der Waals surface area contributed by atoms with Crippen LogP contribution in [0.25, 0.3) is 0 Å². The van der Waals surface area contributed by atoms with Crippen LogP contribution in [0.2, 0.25) is 0 Å². The van der Waals surface area contributed by atoms with E-state index in [1.165, 1.54) is 18.5 Å². The predicted molar refractivity (Wildman–Crippen MR) is 70.8 cm³/mol. The number of aliphatic hydroxyl groups excluding tert-OH is 1. The topological polar surface area (TPSA) is 23.5 Å². The van der Waals surface area contributed by atoms with Crippen LogP contribution in [0.3, 0.4) is 0 Å². The van der Waals surface area contributed by atoms with Crippen molar-refractivity contribution in [1.29, 1.82) is 0 Å². The highest BCUT2D eigenvalue weighted by Crippen LogP contribution is 2.36. The van der Waals surface area contributed by atoms with Gasteiger partial charge >= 0.3 is 0 Å². The SMILES string of the molecule is CCN(c1cc(Br)ccc1C(C)O)C1CC1. The molecule has 1 N–H and O–H groups in total. The van der Waals surface area contributed by atoms with Gasteiger partial charge in [-0.05, 0) is 38.8 Å². The number of hydrogen-bond donors (Lipinski definition) is 1. The molecule has 1 atom stereocenters. The Morgan fingerprint density at radius 3 is 2.69 bits per heavy atom. The second-order valence-electron chi connectivity index (χ2n) is 4.40. The van der Waals surface area contributed by atoms with E-state index >= 15 is 0 Å². The molecule has 1 unspecified atom stereocenters. The van der Waals surface area contributed by atoms with Crippen LogP contribution in [-0.2, 0) is 0 Å². The maximum absolute atomic E-state index is 9.80. The van der Waals surface area contributed by atoms with Gasteiger partial charge in [0, 0.05) is 28.3 Å². The smallest absolute Gasteiger partial charge is 0.0782 e. The van der Waals surface area contributed by atoms with Crippen LogP contribution in [-0.4, -0.2) is 17.7 Å². The Kier molecular flexibility index (Phi) is 3.55. The highest BCUT2D eigenvalue weighted by atomic mass is 79.9. The number of aliphatic hydroxyl groups is 1. The summed E-state index contributed by atoms with van der Waals surface area (Å²) in [5.41, 5.74) is 2.20. The summed E-state index contributed by atoms with van der Waals surface area (Å²) in [6.45, 7) is 5.00. The molecule has 1 saturated carbocycles. The van der Waals surface area contributed by atoms with Crippen molar-refractivity contribution in [3.8, 4) is 0 Å². The summed E-state index contributed by atoms with van der Waals surface area (Å²) >= 11 is 3.50. The van der Waals surface area contributed by atoms with Crippen LogP contribution in [0, 0.1) is 0 Å². The molecule has 0 heterocycles. The first-order chi connectivity index (χ1) is 7.63. The van der Waals surface area contributed by atoms with Crippen molar-refractivity contribution in [1.82, 2.24) is 0 Å². The lowest BCUT2D eigenvalue weighted by Gasteiger charge is -2.26. The molecule has 1 aromatic rings. The molecule has 88 valence electrons. The Hall–Kier alpha value is -0.540. The summed E-state index contributed by atoms with van der Waals surface area (Å²) < 4.78 is 1.08. The van der Waals surface area contributed by atoms with Crippen molar-refractivity contribution < 1.29 is 5.11 Å². The van der Waals surface area contributed by atoms with Crippen molar-refractivity contribution in [2.45, 2.75) is 38.8 Å². The molecule has 1 fully saturated rings. The van der Waals surface area contributed by atoms with Crippen molar-refractivity contribution in [3.05, 3.63) is 28.2 Å². The molecule has 3 heteroatoms. The van der Waals surface area contributed by atoms with Crippen LogP contribution in [0.15, 0.2) is 22.7 Å². The zero-order valence-corrected chi connectivity index (χ0v) is 11.4. The van der Waals surface area contributed by atoms with Gasteiger partial charge in [0.25, 0.3) is 0 Å². The number of nitrogens with zero attached hydrogens (tertiary/aromatic N) is 1. The van der Waals surface area contributed by atoms with Gasteiger partial charge in [0.05, 0.1) is 6.10 Å². The maximum Gasteiger partial charge on any atom is 0.0782 e. The molecule has 0 spiro atoms. The number of benzene rings is 1. The number of halogens is 1. The van der Waals surface area contributed by atoms with Crippen LogP contribution in [0.5, 0.6) is 0 Å². The molecule has 0 bridgehead atoms. The van der Waals surface area contributed by atoms with E-state index in [1.807, 2.05) is 19.1 Å². The summed E-state index contributed by atoms with van der Waals surface area (Å²) in [6, 6.07) is 6.79. The Labute approximate surface area is 105 Å². The molecule has 1 aliphatic rings. The maximum atomic E-state index is 9.80. The van der Waals surface area contributed by atoms with Gasteiger partial charge in [0.1, 0.15) is 0 Å². The van der Waals surface area contributed by atoms with Crippen LogP contribution >= 0.6 is 15.9 Å². The molecule has 0 aromatic heterocycles. The Balaban J connectivity index is 2.38. The van der Waals surface area contributed by atoms with E-state index < -0.39 is 6.10 Å². The average molecular weight is 284 g/mol.